The molecule has 0 unspecified atom stereocenters. The third-order valence-corrected chi connectivity index (χ3v) is 7.00. The Kier molecular flexibility index (Phi) is 6.02. The molecule has 0 amide bonds. The summed E-state index contributed by atoms with van der Waals surface area (Å²) in [4.78, 5) is 11.4. The summed E-state index contributed by atoms with van der Waals surface area (Å²) in [6.45, 7) is 9.08. The molecule has 1 atom stereocenters. The molecule has 152 valence electrons. The Balaban J connectivity index is 1.87. The van der Waals surface area contributed by atoms with Gasteiger partial charge in [0, 0.05) is 43.6 Å². The smallest absolute Gasteiger partial charge is 0.216 e. The minimum Gasteiger partial charge on any atom is -0.395 e. The lowest BCUT2D eigenvalue weighted by atomic mass is 10.0. The topological polar surface area (TPSA) is 86.6 Å². The summed E-state index contributed by atoms with van der Waals surface area (Å²) in [6, 6.07) is 4.15. The molecule has 1 aliphatic heterocycles. The van der Waals surface area contributed by atoms with Crippen LogP contribution in [0.5, 0.6) is 0 Å². The van der Waals surface area contributed by atoms with Crippen LogP contribution in [0.15, 0.2) is 24.5 Å². The lowest BCUT2D eigenvalue weighted by Crippen LogP contribution is -2.54. The number of hydrogen-bond donors (Lipinski definition) is 1. The number of aromatic nitrogens is 2. The van der Waals surface area contributed by atoms with Crippen LogP contribution in [0, 0.1) is 20.8 Å². The molecule has 1 aliphatic rings. The van der Waals surface area contributed by atoms with Gasteiger partial charge in [-0.3, -0.25) is 4.98 Å². The fourth-order valence-corrected chi connectivity index (χ4v) is 4.98. The van der Waals surface area contributed by atoms with E-state index in [1.807, 2.05) is 39.2 Å². The van der Waals surface area contributed by atoms with Gasteiger partial charge in [0.25, 0.3) is 0 Å². The maximum Gasteiger partial charge on any atom is 0.216 e. The summed E-state index contributed by atoms with van der Waals surface area (Å²) in [5, 5.41) is 9.00. The molecule has 1 saturated heterocycles. The van der Waals surface area contributed by atoms with Crippen molar-refractivity contribution < 1.29 is 13.5 Å². The van der Waals surface area contributed by atoms with Gasteiger partial charge < -0.3 is 10.0 Å². The minimum absolute atomic E-state index is 0.0163. The van der Waals surface area contributed by atoms with E-state index in [0.29, 0.717) is 19.6 Å². The first-order chi connectivity index (χ1) is 13.2. The van der Waals surface area contributed by atoms with E-state index in [1.165, 1.54) is 4.31 Å². The number of pyridine rings is 2. The van der Waals surface area contributed by atoms with E-state index >= 15 is 0 Å². The number of sulfonamides is 1. The van der Waals surface area contributed by atoms with Crippen LogP contribution >= 0.6 is 0 Å². The second-order valence-corrected chi connectivity index (χ2v) is 9.56. The molecular formula is C20H28N4O3S. The van der Waals surface area contributed by atoms with Gasteiger partial charge in [-0.15, -0.1) is 0 Å². The first kappa shape index (κ1) is 20.7. The number of nitrogens with zero attached hydrogens (tertiary/aromatic N) is 4. The molecule has 28 heavy (non-hydrogen) atoms. The summed E-state index contributed by atoms with van der Waals surface area (Å²) < 4.78 is 26.0. The zero-order valence-corrected chi connectivity index (χ0v) is 17.7. The molecule has 2 aromatic heterocycles. The number of piperazine rings is 1. The number of aryl methyl sites for hydroxylation is 3. The third-order valence-electron chi connectivity index (χ3n) is 5.19. The van der Waals surface area contributed by atoms with Crippen LogP contribution in [-0.2, 0) is 10.0 Å². The highest BCUT2D eigenvalue weighted by molar-refractivity contribution is 7.89. The van der Waals surface area contributed by atoms with Crippen molar-refractivity contribution in [2.75, 3.05) is 36.9 Å². The molecule has 7 nitrogen and oxygen atoms in total. The quantitative estimate of drug-likeness (QED) is 0.819. The van der Waals surface area contributed by atoms with E-state index in [4.69, 9.17) is 5.11 Å². The molecule has 1 fully saturated rings. The first-order valence-corrected chi connectivity index (χ1v) is 11.1. The van der Waals surface area contributed by atoms with E-state index in [1.54, 1.807) is 0 Å². The number of hydrogen-bond acceptors (Lipinski definition) is 6. The molecule has 0 spiro atoms. The minimum atomic E-state index is -3.41. The fraction of sp³-hybridized carbons (Fsp3) is 0.500. The molecule has 0 aromatic carbocycles. The second kappa shape index (κ2) is 8.14. The molecule has 8 heteroatoms. The van der Waals surface area contributed by atoms with Crippen LogP contribution in [0.25, 0.3) is 11.3 Å². The zero-order valence-electron chi connectivity index (χ0n) is 16.9. The highest BCUT2D eigenvalue weighted by Gasteiger charge is 2.31. The van der Waals surface area contributed by atoms with Gasteiger partial charge in [-0.1, -0.05) is 6.07 Å². The number of rotatable bonds is 5. The Morgan fingerprint density at radius 2 is 1.86 bits per heavy atom. The first-order valence-electron chi connectivity index (χ1n) is 9.48. The highest BCUT2D eigenvalue weighted by Crippen LogP contribution is 2.29. The van der Waals surface area contributed by atoms with Crippen molar-refractivity contribution in [2.24, 2.45) is 0 Å². The molecule has 3 heterocycles. The number of anilines is 1. The van der Waals surface area contributed by atoms with E-state index in [9.17, 15) is 8.42 Å². The monoisotopic (exact) mass is 404 g/mol. The van der Waals surface area contributed by atoms with E-state index in [0.717, 1.165) is 33.8 Å². The van der Waals surface area contributed by atoms with Gasteiger partial charge in [0.15, 0.2) is 0 Å². The summed E-state index contributed by atoms with van der Waals surface area (Å²) >= 11 is 0. The van der Waals surface area contributed by atoms with Gasteiger partial charge in [-0.2, -0.15) is 4.31 Å². The van der Waals surface area contributed by atoms with Crippen LogP contribution < -0.4 is 4.90 Å². The maximum atomic E-state index is 12.2. The predicted molar refractivity (Wildman–Crippen MR) is 111 cm³/mol. The standard InChI is InChI=1S/C20H28N4O3S/c1-14-9-15(2)20(22-11-14)18-10-19(21-12-16(18)3)24-6-5-23(13-17(24)4)28(26,27)8-7-25/h9-12,17,25H,5-8,13H2,1-4H3/t17-/m1/s1. The Bertz CT molecular complexity index is 962. The zero-order chi connectivity index (χ0) is 20.5. The van der Waals surface area contributed by atoms with E-state index in [2.05, 4.69) is 27.9 Å². The van der Waals surface area contributed by atoms with Crippen LogP contribution in [0.1, 0.15) is 23.6 Å². The molecule has 3 rings (SSSR count). The van der Waals surface area contributed by atoms with Crippen LogP contribution in [-0.4, -0.2) is 65.8 Å². The highest BCUT2D eigenvalue weighted by atomic mass is 32.2. The molecule has 2 aromatic rings. The van der Waals surface area contributed by atoms with Crippen molar-refractivity contribution in [3.05, 3.63) is 41.2 Å². The Morgan fingerprint density at radius 3 is 2.50 bits per heavy atom. The Morgan fingerprint density at radius 1 is 1.11 bits per heavy atom. The molecule has 1 N–H and O–H groups in total. The van der Waals surface area contributed by atoms with Gasteiger partial charge in [0.1, 0.15) is 5.82 Å². The summed E-state index contributed by atoms with van der Waals surface area (Å²) in [6.07, 6.45) is 3.72. The van der Waals surface area contributed by atoms with E-state index in [-0.39, 0.29) is 18.4 Å². The van der Waals surface area contributed by atoms with Gasteiger partial charge in [0.05, 0.1) is 18.1 Å². The molecule has 0 saturated carbocycles. The van der Waals surface area contributed by atoms with Crippen LogP contribution in [0.4, 0.5) is 5.82 Å². The summed E-state index contributed by atoms with van der Waals surface area (Å²) in [7, 11) is -3.41. The Labute approximate surface area is 167 Å². The maximum absolute atomic E-state index is 12.2. The number of aliphatic hydroxyl groups is 1. The molecular weight excluding hydrogens is 376 g/mol. The normalized spacial score (nSPS) is 18.5. The van der Waals surface area contributed by atoms with E-state index < -0.39 is 10.0 Å². The van der Waals surface area contributed by atoms with Crippen molar-refractivity contribution in [2.45, 2.75) is 33.7 Å². The second-order valence-electron chi connectivity index (χ2n) is 7.48. The van der Waals surface area contributed by atoms with Crippen molar-refractivity contribution in [1.82, 2.24) is 14.3 Å². The fourth-order valence-electron chi connectivity index (χ4n) is 3.68. The molecule has 0 aliphatic carbocycles. The average Bonchev–Trinajstić information content (AvgIpc) is 2.63. The Hall–Kier alpha value is -2.03. The van der Waals surface area contributed by atoms with Crippen molar-refractivity contribution in [3.8, 4) is 11.3 Å². The average molecular weight is 405 g/mol. The molecule has 0 radical (unpaired) electrons. The predicted octanol–water partition coefficient (Wildman–Crippen LogP) is 1.90. The summed E-state index contributed by atoms with van der Waals surface area (Å²) in [5.74, 6) is 0.597. The van der Waals surface area contributed by atoms with Crippen molar-refractivity contribution >= 4 is 15.8 Å². The molecule has 0 bridgehead atoms. The van der Waals surface area contributed by atoms with Gasteiger partial charge >= 0.3 is 0 Å². The van der Waals surface area contributed by atoms with Crippen LogP contribution in [0.2, 0.25) is 0 Å². The van der Waals surface area contributed by atoms with Crippen molar-refractivity contribution in [1.29, 1.82) is 0 Å². The largest absolute Gasteiger partial charge is 0.395 e. The SMILES string of the molecule is Cc1cnc(-c2cc(N3CCN(S(=O)(=O)CCO)C[C@H]3C)ncc2C)c(C)c1. The van der Waals surface area contributed by atoms with Crippen molar-refractivity contribution in [3.63, 3.8) is 0 Å². The van der Waals surface area contributed by atoms with Crippen LogP contribution in [0.3, 0.4) is 0 Å². The van der Waals surface area contributed by atoms with Gasteiger partial charge in [-0.05, 0) is 50.5 Å². The van der Waals surface area contributed by atoms with Gasteiger partial charge in [0.2, 0.25) is 10.0 Å². The number of aliphatic hydroxyl groups excluding tert-OH is 1. The third kappa shape index (κ3) is 4.19. The lowest BCUT2D eigenvalue weighted by molar-refractivity contribution is 0.306. The lowest BCUT2D eigenvalue weighted by Gasteiger charge is -2.40. The van der Waals surface area contributed by atoms with Gasteiger partial charge in [-0.25, -0.2) is 13.4 Å². The summed E-state index contributed by atoms with van der Waals surface area (Å²) in [5.41, 5.74) is 5.30.